The second-order valence-electron chi connectivity index (χ2n) is 3.07. The Kier molecular flexibility index (Phi) is 3.71. The third-order valence-corrected chi connectivity index (χ3v) is 1.74. The van der Waals surface area contributed by atoms with Crippen LogP contribution in [0.4, 0.5) is 10.1 Å². The zero-order valence-electron chi connectivity index (χ0n) is 7.63. The molecule has 0 saturated carbocycles. The molecule has 0 heterocycles. The van der Waals surface area contributed by atoms with Crippen LogP contribution >= 0.6 is 0 Å². The summed E-state index contributed by atoms with van der Waals surface area (Å²) < 4.78 is 12.5. The smallest absolute Gasteiger partial charge is 0.123 e. The van der Waals surface area contributed by atoms with Gasteiger partial charge in [-0.05, 0) is 37.6 Å². The van der Waals surface area contributed by atoms with Gasteiger partial charge in [-0.2, -0.15) is 0 Å². The Morgan fingerprint density at radius 3 is 2.54 bits per heavy atom. The number of anilines is 1. The molecule has 0 aliphatic carbocycles. The van der Waals surface area contributed by atoms with Crippen molar-refractivity contribution in [1.29, 1.82) is 0 Å². The van der Waals surface area contributed by atoms with Crippen molar-refractivity contribution in [2.75, 3.05) is 11.9 Å². The summed E-state index contributed by atoms with van der Waals surface area (Å²) in [5.74, 6) is -0.235. The Hall–Kier alpha value is -1.09. The second kappa shape index (κ2) is 4.82. The van der Waals surface area contributed by atoms with Crippen molar-refractivity contribution in [3.63, 3.8) is 0 Å². The molecule has 0 amide bonds. The number of rotatable bonds is 4. The summed E-state index contributed by atoms with van der Waals surface area (Å²) >= 11 is 0. The molecular formula is C10H14FNO. The summed E-state index contributed by atoms with van der Waals surface area (Å²) in [5.41, 5.74) is 0.877. The molecule has 0 aliphatic heterocycles. The Labute approximate surface area is 77.4 Å². The predicted molar refractivity (Wildman–Crippen MR) is 51.2 cm³/mol. The van der Waals surface area contributed by atoms with Gasteiger partial charge in [0.15, 0.2) is 0 Å². The zero-order valence-corrected chi connectivity index (χ0v) is 7.63. The van der Waals surface area contributed by atoms with Gasteiger partial charge >= 0.3 is 0 Å². The Morgan fingerprint density at radius 2 is 2.00 bits per heavy atom. The molecule has 0 bridgehead atoms. The van der Waals surface area contributed by atoms with Gasteiger partial charge in [0.05, 0.1) is 6.10 Å². The molecule has 0 spiro atoms. The maximum absolute atomic E-state index is 12.5. The van der Waals surface area contributed by atoms with Crippen LogP contribution in [0, 0.1) is 5.82 Å². The molecule has 0 saturated heterocycles. The fraction of sp³-hybridized carbons (Fsp3) is 0.400. The third kappa shape index (κ3) is 3.90. The van der Waals surface area contributed by atoms with Crippen LogP contribution in [-0.2, 0) is 0 Å². The highest BCUT2D eigenvalue weighted by atomic mass is 19.1. The van der Waals surface area contributed by atoms with Gasteiger partial charge in [0, 0.05) is 12.2 Å². The highest BCUT2D eigenvalue weighted by Gasteiger charge is 1.95. The first-order valence-electron chi connectivity index (χ1n) is 4.36. The van der Waals surface area contributed by atoms with E-state index < -0.39 is 0 Å². The van der Waals surface area contributed by atoms with Gasteiger partial charge in [-0.3, -0.25) is 0 Å². The number of nitrogens with one attached hydrogen (secondary N) is 1. The lowest BCUT2D eigenvalue weighted by molar-refractivity contribution is 0.189. The Bertz CT molecular complexity index is 246. The van der Waals surface area contributed by atoms with Crippen LogP contribution in [0.15, 0.2) is 24.3 Å². The quantitative estimate of drug-likeness (QED) is 0.748. The van der Waals surface area contributed by atoms with Gasteiger partial charge in [0.2, 0.25) is 0 Å². The molecule has 13 heavy (non-hydrogen) atoms. The fourth-order valence-electron chi connectivity index (χ4n) is 0.993. The monoisotopic (exact) mass is 183 g/mol. The minimum atomic E-state index is -0.298. The lowest BCUT2D eigenvalue weighted by atomic mass is 10.2. The summed E-state index contributed by atoms with van der Waals surface area (Å²) in [6, 6.07) is 6.17. The number of hydrogen-bond acceptors (Lipinski definition) is 2. The van der Waals surface area contributed by atoms with Crippen molar-refractivity contribution < 1.29 is 9.50 Å². The third-order valence-electron chi connectivity index (χ3n) is 1.74. The van der Waals surface area contributed by atoms with E-state index >= 15 is 0 Å². The maximum Gasteiger partial charge on any atom is 0.123 e. The molecule has 0 aliphatic rings. The van der Waals surface area contributed by atoms with Gasteiger partial charge in [0.1, 0.15) is 5.82 Å². The average Bonchev–Trinajstić information content (AvgIpc) is 2.08. The van der Waals surface area contributed by atoms with E-state index in [1.165, 1.54) is 12.1 Å². The van der Waals surface area contributed by atoms with E-state index in [1.807, 2.05) is 0 Å². The van der Waals surface area contributed by atoms with Gasteiger partial charge in [-0.1, -0.05) is 0 Å². The first-order valence-corrected chi connectivity index (χ1v) is 4.36. The van der Waals surface area contributed by atoms with Crippen LogP contribution in [0.2, 0.25) is 0 Å². The van der Waals surface area contributed by atoms with Crippen LogP contribution in [0.1, 0.15) is 13.3 Å². The van der Waals surface area contributed by atoms with Crippen LogP contribution in [0.3, 0.4) is 0 Å². The number of aliphatic hydroxyl groups is 1. The standard InChI is InChI=1S/C10H14FNO/c1-8(13)6-7-12-10-4-2-9(11)3-5-10/h2-5,8,12-13H,6-7H2,1H3. The average molecular weight is 183 g/mol. The number of hydrogen-bond donors (Lipinski definition) is 2. The lowest BCUT2D eigenvalue weighted by Crippen LogP contribution is -2.09. The molecule has 0 fully saturated rings. The first-order chi connectivity index (χ1) is 6.18. The number of halogens is 1. The molecular weight excluding hydrogens is 169 g/mol. The van der Waals surface area contributed by atoms with Crippen LogP contribution < -0.4 is 5.32 Å². The molecule has 0 radical (unpaired) electrons. The fourth-order valence-corrected chi connectivity index (χ4v) is 0.993. The van der Waals surface area contributed by atoms with Crippen molar-refractivity contribution in [3.8, 4) is 0 Å². The van der Waals surface area contributed by atoms with E-state index in [2.05, 4.69) is 5.32 Å². The largest absolute Gasteiger partial charge is 0.393 e. The van der Waals surface area contributed by atoms with E-state index in [-0.39, 0.29) is 11.9 Å². The lowest BCUT2D eigenvalue weighted by Gasteiger charge is -2.07. The maximum atomic E-state index is 12.5. The van der Waals surface area contributed by atoms with E-state index in [1.54, 1.807) is 19.1 Å². The summed E-state index contributed by atoms with van der Waals surface area (Å²) in [4.78, 5) is 0. The zero-order chi connectivity index (χ0) is 9.68. The molecule has 1 atom stereocenters. The molecule has 0 aromatic heterocycles. The molecule has 1 aromatic rings. The van der Waals surface area contributed by atoms with E-state index in [0.29, 0.717) is 13.0 Å². The normalized spacial score (nSPS) is 12.5. The minimum Gasteiger partial charge on any atom is -0.393 e. The van der Waals surface area contributed by atoms with Crippen LogP contribution in [-0.4, -0.2) is 17.8 Å². The minimum absolute atomic E-state index is 0.235. The molecule has 72 valence electrons. The Balaban J connectivity index is 2.33. The molecule has 2 N–H and O–H groups in total. The van der Waals surface area contributed by atoms with Crippen molar-refractivity contribution in [2.45, 2.75) is 19.4 Å². The van der Waals surface area contributed by atoms with Gasteiger partial charge in [-0.15, -0.1) is 0 Å². The topological polar surface area (TPSA) is 32.3 Å². The van der Waals surface area contributed by atoms with Crippen molar-refractivity contribution in [2.24, 2.45) is 0 Å². The number of benzene rings is 1. The van der Waals surface area contributed by atoms with Gasteiger partial charge in [0.25, 0.3) is 0 Å². The molecule has 1 aromatic carbocycles. The SMILES string of the molecule is CC(O)CCNc1ccc(F)cc1. The summed E-state index contributed by atoms with van der Waals surface area (Å²) in [6.45, 7) is 2.44. The van der Waals surface area contributed by atoms with Crippen molar-refractivity contribution in [3.05, 3.63) is 30.1 Å². The molecule has 2 nitrogen and oxygen atoms in total. The van der Waals surface area contributed by atoms with E-state index in [4.69, 9.17) is 5.11 Å². The molecule has 1 unspecified atom stereocenters. The predicted octanol–water partition coefficient (Wildman–Crippen LogP) is 2.01. The van der Waals surface area contributed by atoms with Crippen molar-refractivity contribution in [1.82, 2.24) is 0 Å². The van der Waals surface area contributed by atoms with Gasteiger partial charge < -0.3 is 10.4 Å². The summed E-state index contributed by atoms with van der Waals surface area (Å²) in [5, 5.41) is 12.1. The van der Waals surface area contributed by atoms with Gasteiger partial charge in [-0.25, -0.2) is 4.39 Å². The Morgan fingerprint density at radius 1 is 1.38 bits per heavy atom. The summed E-state index contributed by atoms with van der Waals surface area (Å²) in [6.07, 6.45) is 0.394. The second-order valence-corrected chi connectivity index (χ2v) is 3.07. The number of aliphatic hydroxyl groups excluding tert-OH is 1. The van der Waals surface area contributed by atoms with E-state index in [0.717, 1.165) is 5.69 Å². The summed E-state index contributed by atoms with van der Waals surface area (Å²) in [7, 11) is 0. The van der Waals surface area contributed by atoms with Crippen LogP contribution in [0.25, 0.3) is 0 Å². The highest BCUT2D eigenvalue weighted by Crippen LogP contribution is 2.08. The highest BCUT2D eigenvalue weighted by molar-refractivity contribution is 5.42. The first kappa shape index (κ1) is 9.99. The molecule has 1 rings (SSSR count). The molecule has 3 heteroatoms. The van der Waals surface area contributed by atoms with Crippen molar-refractivity contribution >= 4 is 5.69 Å². The van der Waals surface area contributed by atoms with Crippen LogP contribution in [0.5, 0.6) is 0 Å². The van der Waals surface area contributed by atoms with E-state index in [9.17, 15) is 4.39 Å².